The van der Waals surface area contributed by atoms with Crippen molar-refractivity contribution >= 4 is 33.2 Å². The number of carbonyl (C=O) groups is 2. The van der Waals surface area contributed by atoms with Gasteiger partial charge >= 0.3 is 0 Å². The van der Waals surface area contributed by atoms with Crippen LogP contribution < -0.4 is 14.9 Å². The number of aryl methyl sites for hydroxylation is 1. The lowest BCUT2D eigenvalue weighted by Gasteiger charge is -2.19. The van der Waals surface area contributed by atoms with Crippen molar-refractivity contribution in [2.75, 3.05) is 16.8 Å². The van der Waals surface area contributed by atoms with Gasteiger partial charge in [-0.25, -0.2) is 13.1 Å². The van der Waals surface area contributed by atoms with Crippen molar-refractivity contribution in [2.24, 2.45) is 5.92 Å². The summed E-state index contributed by atoms with van der Waals surface area (Å²) >= 11 is 0. The van der Waals surface area contributed by atoms with Crippen LogP contribution in [0.4, 0.5) is 11.4 Å². The number of sulfonamides is 1. The lowest BCUT2D eigenvalue weighted by atomic mass is 10.1. The van der Waals surface area contributed by atoms with Crippen molar-refractivity contribution in [3.05, 3.63) is 54.1 Å². The van der Waals surface area contributed by atoms with Crippen molar-refractivity contribution in [1.29, 1.82) is 0 Å². The largest absolute Gasteiger partial charge is 0.326 e. The maximum absolute atomic E-state index is 12.7. The van der Waals surface area contributed by atoms with Gasteiger partial charge in [-0.3, -0.25) is 9.59 Å². The number of nitrogens with zero attached hydrogens (tertiary/aromatic N) is 1. The Balaban J connectivity index is 1.65. The van der Waals surface area contributed by atoms with E-state index in [1.807, 2.05) is 38.1 Å². The van der Waals surface area contributed by atoms with Crippen LogP contribution in [0.2, 0.25) is 0 Å². The molecule has 3 rings (SSSR count). The Labute approximate surface area is 177 Å². The van der Waals surface area contributed by atoms with Crippen molar-refractivity contribution in [3.8, 4) is 0 Å². The summed E-state index contributed by atoms with van der Waals surface area (Å²) in [6.07, 6.45) is 0.832. The highest BCUT2D eigenvalue weighted by Gasteiger charge is 2.35. The number of anilines is 2. The van der Waals surface area contributed by atoms with E-state index in [-0.39, 0.29) is 29.2 Å². The van der Waals surface area contributed by atoms with Crippen molar-refractivity contribution in [3.63, 3.8) is 0 Å². The molecule has 2 amide bonds. The molecule has 0 aromatic heterocycles. The first-order chi connectivity index (χ1) is 14.2. The molecule has 2 aromatic carbocycles. The number of para-hydroxylation sites is 1. The maximum atomic E-state index is 12.7. The Morgan fingerprint density at radius 1 is 1.17 bits per heavy atom. The Hall–Kier alpha value is -2.71. The molecule has 0 spiro atoms. The molecule has 2 N–H and O–H groups in total. The normalized spacial score (nSPS) is 17.8. The first-order valence-electron chi connectivity index (χ1n) is 10.0. The highest BCUT2D eigenvalue weighted by atomic mass is 32.2. The highest BCUT2D eigenvalue weighted by molar-refractivity contribution is 7.89. The summed E-state index contributed by atoms with van der Waals surface area (Å²) in [5.74, 6) is -0.803. The fraction of sp³-hybridized carbons (Fsp3) is 0.364. The molecule has 1 heterocycles. The number of amides is 2. The number of rotatable bonds is 7. The summed E-state index contributed by atoms with van der Waals surface area (Å²) in [6, 6.07) is 13.4. The van der Waals surface area contributed by atoms with Crippen LogP contribution >= 0.6 is 0 Å². The van der Waals surface area contributed by atoms with Crippen LogP contribution in [0.1, 0.15) is 32.3 Å². The maximum Gasteiger partial charge on any atom is 0.240 e. The van der Waals surface area contributed by atoms with E-state index in [1.54, 1.807) is 24.0 Å². The third kappa shape index (κ3) is 4.88. The Kier molecular flexibility index (Phi) is 6.58. The van der Waals surface area contributed by atoms with Crippen LogP contribution in [0.3, 0.4) is 0 Å². The van der Waals surface area contributed by atoms with Crippen molar-refractivity contribution in [1.82, 2.24) is 4.72 Å². The van der Waals surface area contributed by atoms with E-state index in [1.165, 1.54) is 12.1 Å². The molecule has 2 unspecified atom stereocenters. The lowest BCUT2D eigenvalue weighted by Crippen LogP contribution is -2.32. The van der Waals surface area contributed by atoms with E-state index in [2.05, 4.69) is 10.0 Å². The Morgan fingerprint density at radius 2 is 1.83 bits per heavy atom. The number of hydrogen-bond acceptors (Lipinski definition) is 4. The molecule has 8 heteroatoms. The van der Waals surface area contributed by atoms with Gasteiger partial charge in [0.25, 0.3) is 0 Å². The summed E-state index contributed by atoms with van der Waals surface area (Å²) < 4.78 is 27.3. The number of hydrogen-bond donors (Lipinski definition) is 2. The number of nitrogens with one attached hydrogen (secondary N) is 2. The van der Waals surface area contributed by atoms with Crippen molar-refractivity contribution in [2.45, 2.75) is 44.6 Å². The van der Waals surface area contributed by atoms with E-state index in [0.717, 1.165) is 11.3 Å². The van der Waals surface area contributed by atoms with Gasteiger partial charge in [0.1, 0.15) is 0 Å². The topological polar surface area (TPSA) is 95.6 Å². The minimum Gasteiger partial charge on any atom is -0.326 e. The average molecular weight is 430 g/mol. The number of carbonyl (C=O) groups excluding carboxylic acids is 2. The summed E-state index contributed by atoms with van der Waals surface area (Å²) in [5, 5.41) is 2.79. The molecule has 30 heavy (non-hydrogen) atoms. The molecule has 7 nitrogen and oxygen atoms in total. The molecule has 1 fully saturated rings. The minimum absolute atomic E-state index is 0.0815. The zero-order valence-corrected chi connectivity index (χ0v) is 18.2. The molecule has 0 aliphatic carbocycles. The van der Waals surface area contributed by atoms with E-state index in [9.17, 15) is 18.0 Å². The van der Waals surface area contributed by atoms with Gasteiger partial charge < -0.3 is 10.2 Å². The summed E-state index contributed by atoms with van der Waals surface area (Å²) in [4.78, 5) is 26.9. The third-order valence-corrected chi connectivity index (χ3v) is 6.91. The van der Waals surface area contributed by atoms with Crippen LogP contribution in [-0.4, -0.2) is 32.8 Å². The Bertz CT molecular complexity index is 1030. The number of benzene rings is 2. The van der Waals surface area contributed by atoms with Gasteiger partial charge in [0, 0.05) is 30.4 Å². The van der Waals surface area contributed by atoms with Crippen LogP contribution in [-0.2, 0) is 19.6 Å². The van der Waals surface area contributed by atoms with Crippen LogP contribution in [0.15, 0.2) is 53.4 Å². The molecular formula is C22H27N3O4S. The van der Waals surface area contributed by atoms with E-state index in [4.69, 9.17) is 0 Å². The molecule has 1 aliphatic heterocycles. The molecule has 1 saturated heterocycles. The van der Waals surface area contributed by atoms with Gasteiger partial charge in [0.05, 0.1) is 10.8 Å². The highest BCUT2D eigenvalue weighted by Crippen LogP contribution is 2.28. The van der Waals surface area contributed by atoms with Crippen LogP contribution in [0, 0.1) is 12.8 Å². The minimum atomic E-state index is -3.60. The molecule has 1 aliphatic rings. The first-order valence-corrected chi connectivity index (χ1v) is 11.5. The second-order valence-electron chi connectivity index (χ2n) is 7.64. The fourth-order valence-corrected chi connectivity index (χ4v) is 4.69. The van der Waals surface area contributed by atoms with Gasteiger partial charge in [0.2, 0.25) is 21.8 Å². The quantitative estimate of drug-likeness (QED) is 0.707. The standard InChI is InChI=1S/C22H27N3O4S/c1-4-16(3)24-30(28,29)19-11-9-18(10-12-19)23-22(27)17-13-21(26)25(14-17)20-8-6-5-7-15(20)2/h5-12,16-17,24H,4,13-14H2,1-3H3,(H,23,27). The van der Waals surface area contributed by atoms with Gasteiger partial charge in [-0.1, -0.05) is 25.1 Å². The molecule has 160 valence electrons. The van der Waals surface area contributed by atoms with E-state index in [0.29, 0.717) is 18.7 Å². The van der Waals surface area contributed by atoms with E-state index >= 15 is 0 Å². The van der Waals surface area contributed by atoms with Gasteiger partial charge in [-0.05, 0) is 56.2 Å². The molecule has 2 atom stereocenters. The summed E-state index contributed by atoms with van der Waals surface area (Å²) in [7, 11) is -3.60. The Morgan fingerprint density at radius 3 is 2.47 bits per heavy atom. The fourth-order valence-electron chi connectivity index (χ4n) is 3.36. The molecule has 0 saturated carbocycles. The van der Waals surface area contributed by atoms with Gasteiger partial charge in [0.15, 0.2) is 0 Å². The second kappa shape index (κ2) is 8.97. The smallest absolute Gasteiger partial charge is 0.240 e. The predicted octanol–water partition coefficient (Wildman–Crippen LogP) is 3.06. The van der Waals surface area contributed by atoms with E-state index < -0.39 is 15.9 Å². The first kappa shape index (κ1) is 22.0. The molecular weight excluding hydrogens is 402 g/mol. The van der Waals surface area contributed by atoms with Gasteiger partial charge in [-0.15, -0.1) is 0 Å². The lowest BCUT2D eigenvalue weighted by molar-refractivity contribution is -0.122. The van der Waals surface area contributed by atoms with Gasteiger partial charge in [-0.2, -0.15) is 0 Å². The molecule has 0 radical (unpaired) electrons. The predicted molar refractivity (Wildman–Crippen MR) is 117 cm³/mol. The molecule has 2 aromatic rings. The SMILES string of the molecule is CCC(C)NS(=O)(=O)c1ccc(NC(=O)C2CC(=O)N(c3ccccc3C)C2)cc1. The molecule has 0 bridgehead atoms. The second-order valence-corrected chi connectivity index (χ2v) is 9.35. The average Bonchev–Trinajstić information content (AvgIpc) is 3.10. The third-order valence-electron chi connectivity index (χ3n) is 5.30. The van der Waals surface area contributed by atoms with Crippen molar-refractivity contribution < 1.29 is 18.0 Å². The van der Waals surface area contributed by atoms with Crippen LogP contribution in [0.25, 0.3) is 0 Å². The zero-order valence-electron chi connectivity index (χ0n) is 17.4. The summed E-state index contributed by atoms with van der Waals surface area (Å²) in [5.41, 5.74) is 2.29. The zero-order chi connectivity index (χ0) is 21.9. The summed E-state index contributed by atoms with van der Waals surface area (Å²) in [6.45, 7) is 5.96. The monoisotopic (exact) mass is 429 g/mol. The van der Waals surface area contributed by atoms with Crippen LogP contribution in [0.5, 0.6) is 0 Å².